The number of benzene rings is 2. The van der Waals surface area contributed by atoms with Crippen molar-refractivity contribution in [1.29, 1.82) is 0 Å². The van der Waals surface area contributed by atoms with E-state index in [1.165, 1.54) is 0 Å². The summed E-state index contributed by atoms with van der Waals surface area (Å²) < 4.78 is 5.65. The van der Waals surface area contributed by atoms with E-state index in [4.69, 9.17) is 16.3 Å². The second kappa shape index (κ2) is 7.58. The third-order valence-corrected chi connectivity index (χ3v) is 4.41. The van der Waals surface area contributed by atoms with Gasteiger partial charge >= 0.3 is 0 Å². The minimum Gasteiger partial charge on any atom is -0.483 e. The second-order valence-corrected chi connectivity index (χ2v) is 6.47. The zero-order valence-electron chi connectivity index (χ0n) is 13.7. The molecule has 1 aliphatic rings. The molecule has 0 bridgehead atoms. The summed E-state index contributed by atoms with van der Waals surface area (Å²) in [5.74, 6) is 0.715. The fourth-order valence-corrected chi connectivity index (χ4v) is 3.11. The monoisotopic (exact) mass is 344 g/mol. The lowest BCUT2D eigenvalue weighted by Gasteiger charge is -2.18. The molecule has 4 nitrogen and oxygen atoms in total. The molecule has 1 amide bonds. The number of rotatable bonds is 5. The molecule has 0 aliphatic carbocycles. The summed E-state index contributed by atoms with van der Waals surface area (Å²) >= 11 is 5.93. The van der Waals surface area contributed by atoms with Gasteiger partial charge in [-0.1, -0.05) is 29.8 Å². The van der Waals surface area contributed by atoms with E-state index in [1.807, 2.05) is 48.2 Å². The van der Waals surface area contributed by atoms with Gasteiger partial charge in [-0.25, -0.2) is 0 Å². The first-order chi connectivity index (χ1) is 11.6. The summed E-state index contributed by atoms with van der Waals surface area (Å²) in [5.41, 5.74) is 2.02. The first kappa shape index (κ1) is 16.7. The quantitative estimate of drug-likeness (QED) is 0.898. The fraction of sp³-hybridized carbons (Fsp3) is 0.316. The van der Waals surface area contributed by atoms with Crippen LogP contribution in [0.15, 0.2) is 48.5 Å². The Morgan fingerprint density at radius 1 is 1.29 bits per heavy atom. The van der Waals surface area contributed by atoms with E-state index < -0.39 is 0 Å². The molecule has 1 fully saturated rings. The van der Waals surface area contributed by atoms with E-state index in [2.05, 4.69) is 5.32 Å². The van der Waals surface area contributed by atoms with Gasteiger partial charge in [0.25, 0.3) is 5.91 Å². The lowest BCUT2D eigenvalue weighted by Crippen LogP contribution is -2.35. The molecule has 1 unspecified atom stereocenters. The Hall–Kier alpha value is -2.20. The number of aryl methyl sites for hydroxylation is 1. The molecule has 0 spiro atoms. The molecule has 2 aromatic rings. The van der Waals surface area contributed by atoms with Crippen molar-refractivity contribution in [2.24, 2.45) is 0 Å². The molecule has 0 saturated carbocycles. The highest BCUT2D eigenvalue weighted by molar-refractivity contribution is 6.30. The molecule has 1 atom stereocenters. The summed E-state index contributed by atoms with van der Waals surface area (Å²) in [4.78, 5) is 14.2. The standard InChI is InChI=1S/C19H21ClN2O2/c1-14-11-15(20)7-8-18(14)24-13-19(23)22-10-9-17(12-22)21-16-5-3-2-4-6-16/h2-8,11,17,21H,9-10,12-13H2,1H3. The van der Waals surface area contributed by atoms with Crippen LogP contribution in [-0.4, -0.2) is 36.5 Å². The smallest absolute Gasteiger partial charge is 0.260 e. The van der Waals surface area contributed by atoms with Crippen LogP contribution < -0.4 is 10.1 Å². The third kappa shape index (κ3) is 4.20. The van der Waals surface area contributed by atoms with E-state index in [0.717, 1.165) is 24.2 Å². The number of nitrogens with zero attached hydrogens (tertiary/aromatic N) is 1. The number of hydrogen-bond acceptors (Lipinski definition) is 3. The van der Waals surface area contributed by atoms with Crippen molar-refractivity contribution in [3.05, 3.63) is 59.1 Å². The SMILES string of the molecule is Cc1cc(Cl)ccc1OCC(=O)N1CCC(Nc2ccccc2)C1. The van der Waals surface area contributed by atoms with Crippen molar-refractivity contribution < 1.29 is 9.53 Å². The zero-order chi connectivity index (χ0) is 16.9. The largest absolute Gasteiger partial charge is 0.483 e. The van der Waals surface area contributed by atoms with Gasteiger partial charge in [-0.15, -0.1) is 0 Å². The first-order valence-electron chi connectivity index (χ1n) is 8.10. The van der Waals surface area contributed by atoms with Gasteiger partial charge in [0.05, 0.1) is 0 Å². The number of anilines is 1. The topological polar surface area (TPSA) is 41.6 Å². The molecule has 5 heteroatoms. The highest BCUT2D eigenvalue weighted by atomic mass is 35.5. The van der Waals surface area contributed by atoms with Crippen LogP contribution >= 0.6 is 11.6 Å². The molecule has 126 valence electrons. The average molecular weight is 345 g/mol. The van der Waals surface area contributed by atoms with E-state index in [9.17, 15) is 4.79 Å². The van der Waals surface area contributed by atoms with Crippen molar-refractivity contribution in [2.75, 3.05) is 25.0 Å². The Kier molecular flexibility index (Phi) is 5.26. The Morgan fingerprint density at radius 2 is 2.08 bits per heavy atom. The van der Waals surface area contributed by atoms with Gasteiger partial charge < -0.3 is 15.0 Å². The number of carbonyl (C=O) groups is 1. The summed E-state index contributed by atoms with van der Waals surface area (Å²) in [7, 11) is 0. The molecule has 2 aromatic carbocycles. The van der Waals surface area contributed by atoms with Crippen LogP contribution in [0.2, 0.25) is 5.02 Å². The van der Waals surface area contributed by atoms with E-state index in [0.29, 0.717) is 17.3 Å². The number of halogens is 1. The van der Waals surface area contributed by atoms with Crippen molar-refractivity contribution >= 4 is 23.2 Å². The molecule has 1 aliphatic heterocycles. The number of para-hydroxylation sites is 1. The minimum atomic E-state index is 0.0155. The average Bonchev–Trinajstić information content (AvgIpc) is 3.03. The number of amides is 1. The lowest BCUT2D eigenvalue weighted by atomic mass is 10.2. The van der Waals surface area contributed by atoms with Crippen LogP contribution in [0, 0.1) is 6.92 Å². The molecular weight excluding hydrogens is 324 g/mol. The van der Waals surface area contributed by atoms with Crippen molar-refractivity contribution in [1.82, 2.24) is 4.90 Å². The molecular formula is C19H21ClN2O2. The predicted molar refractivity (Wildman–Crippen MR) is 96.7 cm³/mol. The maximum atomic E-state index is 12.3. The predicted octanol–water partition coefficient (Wildman–Crippen LogP) is 3.74. The first-order valence-corrected chi connectivity index (χ1v) is 8.48. The van der Waals surface area contributed by atoms with Gasteiger partial charge in [0.1, 0.15) is 5.75 Å². The van der Waals surface area contributed by atoms with Crippen LogP contribution in [-0.2, 0) is 4.79 Å². The van der Waals surface area contributed by atoms with Gasteiger partial charge in [-0.3, -0.25) is 4.79 Å². The van der Waals surface area contributed by atoms with Crippen LogP contribution in [0.25, 0.3) is 0 Å². The second-order valence-electron chi connectivity index (χ2n) is 6.03. The van der Waals surface area contributed by atoms with Crippen LogP contribution in [0.3, 0.4) is 0 Å². The summed E-state index contributed by atoms with van der Waals surface area (Å²) in [6.07, 6.45) is 0.945. The number of likely N-dealkylation sites (tertiary alicyclic amines) is 1. The van der Waals surface area contributed by atoms with Crippen LogP contribution in [0.4, 0.5) is 5.69 Å². The van der Waals surface area contributed by atoms with Crippen molar-refractivity contribution in [2.45, 2.75) is 19.4 Å². The highest BCUT2D eigenvalue weighted by Gasteiger charge is 2.26. The van der Waals surface area contributed by atoms with E-state index in [-0.39, 0.29) is 18.6 Å². The fourth-order valence-electron chi connectivity index (χ4n) is 2.88. The minimum absolute atomic E-state index is 0.0155. The Balaban J connectivity index is 1.49. The molecule has 0 aromatic heterocycles. The molecule has 0 radical (unpaired) electrons. The molecule has 24 heavy (non-hydrogen) atoms. The van der Waals surface area contributed by atoms with Gasteiger partial charge in [-0.05, 0) is 49.2 Å². The van der Waals surface area contributed by atoms with Gasteiger partial charge in [0, 0.05) is 29.8 Å². The molecule has 1 N–H and O–H groups in total. The number of hydrogen-bond donors (Lipinski definition) is 1. The molecule has 1 saturated heterocycles. The lowest BCUT2D eigenvalue weighted by molar-refractivity contribution is -0.132. The number of nitrogens with one attached hydrogen (secondary N) is 1. The van der Waals surface area contributed by atoms with Crippen LogP contribution in [0.5, 0.6) is 5.75 Å². The number of ether oxygens (including phenoxy) is 1. The Morgan fingerprint density at radius 3 is 2.83 bits per heavy atom. The summed E-state index contributed by atoms with van der Waals surface area (Å²) in [5, 5.41) is 4.13. The van der Waals surface area contributed by atoms with Crippen molar-refractivity contribution in [3.8, 4) is 5.75 Å². The molecule has 1 heterocycles. The van der Waals surface area contributed by atoms with Gasteiger partial charge in [0.15, 0.2) is 6.61 Å². The third-order valence-electron chi connectivity index (χ3n) is 4.17. The Labute approximate surface area is 147 Å². The summed E-state index contributed by atoms with van der Waals surface area (Å²) in [6, 6.07) is 15.8. The summed E-state index contributed by atoms with van der Waals surface area (Å²) in [6.45, 7) is 3.44. The normalized spacial score (nSPS) is 16.9. The van der Waals surface area contributed by atoms with Crippen LogP contribution in [0.1, 0.15) is 12.0 Å². The van der Waals surface area contributed by atoms with Gasteiger partial charge in [-0.2, -0.15) is 0 Å². The molecule has 3 rings (SSSR count). The maximum Gasteiger partial charge on any atom is 0.260 e. The van der Waals surface area contributed by atoms with E-state index in [1.54, 1.807) is 12.1 Å². The van der Waals surface area contributed by atoms with Gasteiger partial charge in [0.2, 0.25) is 0 Å². The highest BCUT2D eigenvalue weighted by Crippen LogP contribution is 2.22. The number of carbonyl (C=O) groups excluding carboxylic acids is 1. The Bertz CT molecular complexity index is 706. The van der Waals surface area contributed by atoms with E-state index >= 15 is 0 Å². The zero-order valence-corrected chi connectivity index (χ0v) is 14.4. The van der Waals surface area contributed by atoms with Crippen molar-refractivity contribution in [3.63, 3.8) is 0 Å². The maximum absolute atomic E-state index is 12.3.